The summed E-state index contributed by atoms with van der Waals surface area (Å²) in [5.41, 5.74) is 2.76. The molecule has 0 saturated carbocycles. The standard InChI is InChI=1S/C24H23NO5/c1-16(30-24(27)18-13-14-21(28-2)22(15-18)29-3)23(26)25-20-12-8-7-11-19(20)17-9-5-4-6-10-17/h4-16H,1-3H3,(H,25,26)/t16-/m0/s1. The molecule has 0 unspecified atom stereocenters. The smallest absolute Gasteiger partial charge is 0.339 e. The van der Waals surface area contributed by atoms with Gasteiger partial charge in [0.05, 0.1) is 19.8 Å². The highest BCUT2D eigenvalue weighted by Crippen LogP contribution is 2.29. The lowest BCUT2D eigenvalue weighted by Gasteiger charge is -2.16. The quantitative estimate of drug-likeness (QED) is 0.584. The Labute approximate surface area is 175 Å². The van der Waals surface area contributed by atoms with Crippen molar-refractivity contribution in [1.82, 2.24) is 0 Å². The van der Waals surface area contributed by atoms with Gasteiger partial charge in [-0.3, -0.25) is 4.79 Å². The summed E-state index contributed by atoms with van der Waals surface area (Å²) in [6.07, 6.45) is -0.991. The van der Waals surface area contributed by atoms with Crippen LogP contribution < -0.4 is 14.8 Å². The first-order valence-electron chi connectivity index (χ1n) is 9.41. The summed E-state index contributed by atoms with van der Waals surface area (Å²) in [5, 5.41) is 2.85. The van der Waals surface area contributed by atoms with Crippen LogP contribution in [0.25, 0.3) is 11.1 Å². The van der Waals surface area contributed by atoms with E-state index in [0.29, 0.717) is 17.2 Å². The van der Waals surface area contributed by atoms with E-state index in [4.69, 9.17) is 14.2 Å². The minimum absolute atomic E-state index is 0.261. The molecular formula is C24H23NO5. The molecule has 3 rings (SSSR count). The summed E-state index contributed by atoms with van der Waals surface area (Å²) < 4.78 is 15.7. The summed E-state index contributed by atoms with van der Waals surface area (Å²) in [6.45, 7) is 1.53. The average Bonchev–Trinajstić information content (AvgIpc) is 2.79. The second-order valence-electron chi connectivity index (χ2n) is 6.52. The van der Waals surface area contributed by atoms with Gasteiger partial charge in [0, 0.05) is 11.3 Å². The summed E-state index contributed by atoms with van der Waals surface area (Å²) in [7, 11) is 2.99. The van der Waals surface area contributed by atoms with Crippen molar-refractivity contribution in [3.63, 3.8) is 0 Å². The summed E-state index contributed by atoms with van der Waals surface area (Å²) in [6, 6.07) is 21.9. The fourth-order valence-corrected chi connectivity index (χ4v) is 2.94. The molecule has 0 radical (unpaired) electrons. The Bertz CT molecular complexity index is 1030. The number of para-hydroxylation sites is 1. The van der Waals surface area contributed by atoms with Crippen molar-refractivity contribution < 1.29 is 23.8 Å². The Morgan fingerprint density at radius 3 is 2.20 bits per heavy atom. The number of carbonyl (C=O) groups excluding carboxylic acids is 2. The maximum Gasteiger partial charge on any atom is 0.339 e. The maximum absolute atomic E-state index is 12.7. The molecule has 1 N–H and O–H groups in total. The fourth-order valence-electron chi connectivity index (χ4n) is 2.94. The zero-order chi connectivity index (χ0) is 21.5. The number of benzene rings is 3. The maximum atomic E-state index is 12.7. The van der Waals surface area contributed by atoms with Crippen LogP contribution in [0.1, 0.15) is 17.3 Å². The van der Waals surface area contributed by atoms with Crippen LogP contribution >= 0.6 is 0 Å². The third kappa shape index (κ3) is 4.78. The van der Waals surface area contributed by atoms with Crippen LogP contribution in [0.4, 0.5) is 5.69 Å². The van der Waals surface area contributed by atoms with E-state index in [9.17, 15) is 9.59 Å². The van der Waals surface area contributed by atoms with Gasteiger partial charge < -0.3 is 19.5 Å². The first-order chi connectivity index (χ1) is 14.5. The molecule has 1 atom stereocenters. The molecule has 3 aromatic rings. The van der Waals surface area contributed by atoms with Gasteiger partial charge >= 0.3 is 5.97 Å². The highest BCUT2D eigenvalue weighted by molar-refractivity contribution is 6.00. The van der Waals surface area contributed by atoms with E-state index in [-0.39, 0.29) is 5.56 Å². The zero-order valence-electron chi connectivity index (χ0n) is 17.0. The molecule has 0 aliphatic heterocycles. The number of ether oxygens (including phenoxy) is 3. The van der Waals surface area contributed by atoms with Crippen LogP contribution in [-0.2, 0) is 9.53 Å². The first-order valence-corrected chi connectivity index (χ1v) is 9.41. The van der Waals surface area contributed by atoms with Gasteiger partial charge in [0.25, 0.3) is 5.91 Å². The number of nitrogens with one attached hydrogen (secondary N) is 1. The predicted octanol–water partition coefficient (Wildman–Crippen LogP) is 4.55. The number of esters is 1. The lowest BCUT2D eigenvalue weighted by Crippen LogP contribution is -2.30. The van der Waals surface area contributed by atoms with Gasteiger partial charge in [0.1, 0.15) is 0 Å². The van der Waals surface area contributed by atoms with Crippen molar-refractivity contribution in [2.75, 3.05) is 19.5 Å². The van der Waals surface area contributed by atoms with Gasteiger partial charge in [0.15, 0.2) is 17.6 Å². The Morgan fingerprint density at radius 1 is 0.833 bits per heavy atom. The van der Waals surface area contributed by atoms with Gasteiger partial charge in [-0.25, -0.2) is 4.79 Å². The minimum atomic E-state index is -0.991. The van der Waals surface area contributed by atoms with Gasteiger partial charge in [0.2, 0.25) is 0 Å². The van der Waals surface area contributed by atoms with Crippen molar-refractivity contribution >= 4 is 17.6 Å². The Hall–Kier alpha value is -3.80. The number of amides is 1. The molecule has 0 aliphatic rings. The van der Waals surface area contributed by atoms with Crippen molar-refractivity contribution in [3.05, 3.63) is 78.4 Å². The Balaban J connectivity index is 1.71. The molecule has 0 heterocycles. The lowest BCUT2D eigenvalue weighted by molar-refractivity contribution is -0.123. The molecule has 1 amide bonds. The topological polar surface area (TPSA) is 73.9 Å². The molecule has 0 aromatic heterocycles. The number of anilines is 1. The van der Waals surface area contributed by atoms with E-state index >= 15 is 0 Å². The second-order valence-corrected chi connectivity index (χ2v) is 6.52. The normalized spacial score (nSPS) is 11.3. The highest BCUT2D eigenvalue weighted by Gasteiger charge is 2.21. The largest absolute Gasteiger partial charge is 0.493 e. The molecular weight excluding hydrogens is 382 g/mol. The SMILES string of the molecule is COc1ccc(C(=O)O[C@@H](C)C(=O)Nc2ccccc2-c2ccccc2)cc1OC. The highest BCUT2D eigenvalue weighted by atomic mass is 16.5. The van der Waals surface area contributed by atoms with Crippen LogP contribution in [-0.4, -0.2) is 32.2 Å². The second kappa shape index (κ2) is 9.60. The van der Waals surface area contributed by atoms with Crippen LogP contribution in [0.15, 0.2) is 72.8 Å². The molecule has 30 heavy (non-hydrogen) atoms. The molecule has 0 saturated heterocycles. The molecule has 3 aromatic carbocycles. The van der Waals surface area contributed by atoms with E-state index in [2.05, 4.69) is 5.32 Å². The molecule has 0 aliphatic carbocycles. The van der Waals surface area contributed by atoms with Gasteiger partial charge in [-0.15, -0.1) is 0 Å². The molecule has 154 valence electrons. The van der Waals surface area contributed by atoms with Crippen LogP contribution in [0, 0.1) is 0 Å². The average molecular weight is 405 g/mol. The van der Waals surface area contributed by atoms with Gasteiger partial charge in [-0.1, -0.05) is 48.5 Å². The third-order valence-electron chi connectivity index (χ3n) is 4.54. The van der Waals surface area contributed by atoms with Crippen molar-refractivity contribution in [1.29, 1.82) is 0 Å². The Kier molecular flexibility index (Phi) is 6.70. The minimum Gasteiger partial charge on any atom is -0.493 e. The predicted molar refractivity (Wildman–Crippen MR) is 115 cm³/mol. The summed E-state index contributed by atoms with van der Waals surface area (Å²) in [4.78, 5) is 25.1. The van der Waals surface area contributed by atoms with Crippen LogP contribution in [0.2, 0.25) is 0 Å². The third-order valence-corrected chi connectivity index (χ3v) is 4.54. The van der Waals surface area contributed by atoms with E-state index in [1.54, 1.807) is 12.1 Å². The monoisotopic (exact) mass is 405 g/mol. The van der Waals surface area contributed by atoms with Gasteiger partial charge in [-0.2, -0.15) is 0 Å². The molecule has 6 heteroatoms. The fraction of sp³-hybridized carbons (Fsp3) is 0.167. The van der Waals surface area contributed by atoms with E-state index in [1.807, 2.05) is 54.6 Å². The Morgan fingerprint density at radius 2 is 1.50 bits per heavy atom. The van der Waals surface area contributed by atoms with E-state index in [0.717, 1.165) is 11.1 Å². The van der Waals surface area contributed by atoms with Crippen LogP contribution in [0.3, 0.4) is 0 Å². The van der Waals surface area contributed by atoms with E-state index in [1.165, 1.54) is 27.2 Å². The zero-order valence-corrected chi connectivity index (χ0v) is 17.0. The summed E-state index contributed by atoms with van der Waals surface area (Å²) in [5.74, 6) is -0.152. The molecule has 6 nitrogen and oxygen atoms in total. The number of hydrogen-bond donors (Lipinski definition) is 1. The summed E-state index contributed by atoms with van der Waals surface area (Å²) >= 11 is 0. The number of carbonyl (C=O) groups is 2. The molecule has 0 spiro atoms. The van der Waals surface area contributed by atoms with Crippen LogP contribution in [0.5, 0.6) is 11.5 Å². The number of hydrogen-bond acceptors (Lipinski definition) is 5. The lowest BCUT2D eigenvalue weighted by atomic mass is 10.0. The van der Waals surface area contributed by atoms with Crippen molar-refractivity contribution in [2.45, 2.75) is 13.0 Å². The van der Waals surface area contributed by atoms with Crippen molar-refractivity contribution in [3.8, 4) is 22.6 Å². The number of rotatable bonds is 7. The van der Waals surface area contributed by atoms with Crippen molar-refractivity contribution in [2.24, 2.45) is 0 Å². The van der Waals surface area contributed by atoms with Gasteiger partial charge in [-0.05, 0) is 36.8 Å². The number of methoxy groups -OCH3 is 2. The first kappa shape index (κ1) is 20.9. The molecule has 0 fully saturated rings. The molecule has 0 bridgehead atoms. The van der Waals surface area contributed by atoms with E-state index < -0.39 is 18.0 Å².